The van der Waals surface area contributed by atoms with Gasteiger partial charge in [-0.25, -0.2) is 4.79 Å². The summed E-state index contributed by atoms with van der Waals surface area (Å²) in [6.45, 7) is 3.95. The van der Waals surface area contributed by atoms with Gasteiger partial charge in [0, 0.05) is 4.47 Å². The van der Waals surface area contributed by atoms with Gasteiger partial charge in [-0.1, -0.05) is 15.9 Å². The van der Waals surface area contributed by atoms with Gasteiger partial charge in [0.05, 0.1) is 11.3 Å². The average molecular weight is 336 g/mol. The first kappa shape index (κ1) is 14.4. The fourth-order valence-corrected chi connectivity index (χ4v) is 2.10. The molecule has 0 fully saturated rings. The Labute approximate surface area is 125 Å². The molecule has 0 aliphatic heterocycles. The molecule has 0 bridgehead atoms. The van der Waals surface area contributed by atoms with Crippen LogP contribution in [0.4, 0.5) is 5.69 Å². The van der Waals surface area contributed by atoms with Crippen molar-refractivity contribution in [3.63, 3.8) is 0 Å². The standard InChI is InChI=1S/C15H14BrNO3/c1-8-5-11(6-9(2)14(8)16)20-13-4-3-10(15(18)19)7-12(13)17/h3-7H,17H2,1-2H3,(H,18,19). The summed E-state index contributed by atoms with van der Waals surface area (Å²) in [4.78, 5) is 10.8. The van der Waals surface area contributed by atoms with Crippen LogP contribution in [0.1, 0.15) is 21.5 Å². The van der Waals surface area contributed by atoms with Gasteiger partial charge in [0.1, 0.15) is 11.5 Å². The first-order chi connectivity index (χ1) is 9.38. The van der Waals surface area contributed by atoms with Gasteiger partial charge in [-0.3, -0.25) is 0 Å². The number of ether oxygens (including phenoxy) is 1. The van der Waals surface area contributed by atoms with Gasteiger partial charge in [0.2, 0.25) is 0 Å². The molecule has 0 radical (unpaired) electrons. The van der Waals surface area contributed by atoms with Gasteiger partial charge in [0.25, 0.3) is 0 Å². The van der Waals surface area contributed by atoms with Gasteiger partial charge in [-0.05, 0) is 55.3 Å². The van der Waals surface area contributed by atoms with Crippen molar-refractivity contribution >= 4 is 27.6 Å². The van der Waals surface area contributed by atoms with E-state index in [1.165, 1.54) is 12.1 Å². The maximum Gasteiger partial charge on any atom is 0.335 e. The topological polar surface area (TPSA) is 72.5 Å². The normalized spacial score (nSPS) is 10.3. The molecule has 0 saturated carbocycles. The van der Waals surface area contributed by atoms with Crippen LogP contribution < -0.4 is 10.5 Å². The number of halogens is 1. The Balaban J connectivity index is 2.33. The zero-order chi connectivity index (χ0) is 14.9. The molecule has 3 N–H and O–H groups in total. The van der Waals surface area contributed by atoms with E-state index in [0.717, 1.165) is 15.6 Å². The zero-order valence-electron chi connectivity index (χ0n) is 11.1. The van der Waals surface area contributed by atoms with Crippen LogP contribution in [0.5, 0.6) is 11.5 Å². The van der Waals surface area contributed by atoms with Crippen LogP contribution in [-0.2, 0) is 0 Å². The van der Waals surface area contributed by atoms with E-state index in [2.05, 4.69) is 15.9 Å². The predicted octanol–water partition coefficient (Wildman–Crippen LogP) is 4.14. The van der Waals surface area contributed by atoms with Crippen molar-refractivity contribution in [1.82, 2.24) is 0 Å². The van der Waals surface area contributed by atoms with Gasteiger partial charge >= 0.3 is 5.97 Å². The molecule has 2 aromatic rings. The molecule has 104 valence electrons. The summed E-state index contributed by atoms with van der Waals surface area (Å²) in [6, 6.07) is 8.19. The van der Waals surface area contributed by atoms with Crippen LogP contribution >= 0.6 is 15.9 Å². The third kappa shape index (κ3) is 2.93. The minimum absolute atomic E-state index is 0.137. The lowest BCUT2D eigenvalue weighted by Crippen LogP contribution is -1.99. The molecule has 0 amide bonds. The lowest BCUT2D eigenvalue weighted by molar-refractivity contribution is 0.0697. The summed E-state index contributed by atoms with van der Waals surface area (Å²) in [6.07, 6.45) is 0. The van der Waals surface area contributed by atoms with Crippen molar-refractivity contribution in [2.75, 3.05) is 5.73 Å². The van der Waals surface area contributed by atoms with E-state index in [-0.39, 0.29) is 5.56 Å². The van der Waals surface area contributed by atoms with Gasteiger partial charge < -0.3 is 15.6 Å². The van der Waals surface area contributed by atoms with E-state index in [0.29, 0.717) is 17.2 Å². The molecule has 0 spiro atoms. The highest BCUT2D eigenvalue weighted by Crippen LogP contribution is 2.32. The van der Waals surface area contributed by atoms with E-state index in [1.807, 2.05) is 26.0 Å². The number of nitrogen functional groups attached to an aromatic ring is 1. The van der Waals surface area contributed by atoms with Crippen molar-refractivity contribution < 1.29 is 14.6 Å². The minimum atomic E-state index is -1.02. The fraction of sp³-hybridized carbons (Fsp3) is 0.133. The van der Waals surface area contributed by atoms with Crippen LogP contribution in [0.3, 0.4) is 0 Å². The van der Waals surface area contributed by atoms with Crippen molar-refractivity contribution in [1.29, 1.82) is 0 Å². The van der Waals surface area contributed by atoms with Gasteiger partial charge in [0.15, 0.2) is 0 Å². The molecule has 0 aromatic heterocycles. The van der Waals surface area contributed by atoms with Crippen LogP contribution in [0.2, 0.25) is 0 Å². The highest BCUT2D eigenvalue weighted by atomic mass is 79.9. The lowest BCUT2D eigenvalue weighted by Gasteiger charge is -2.12. The summed E-state index contributed by atoms with van der Waals surface area (Å²) in [7, 11) is 0. The second-order valence-electron chi connectivity index (χ2n) is 4.53. The van der Waals surface area contributed by atoms with Gasteiger partial charge in [-0.2, -0.15) is 0 Å². The number of hydrogen-bond donors (Lipinski definition) is 2. The number of benzene rings is 2. The second kappa shape index (κ2) is 5.54. The maximum atomic E-state index is 10.8. The zero-order valence-corrected chi connectivity index (χ0v) is 12.7. The lowest BCUT2D eigenvalue weighted by atomic mass is 10.1. The molecule has 5 heteroatoms. The Kier molecular flexibility index (Phi) is 3.99. The number of aromatic carboxylic acids is 1. The SMILES string of the molecule is Cc1cc(Oc2ccc(C(=O)O)cc2N)cc(C)c1Br. The summed E-state index contributed by atoms with van der Waals surface area (Å²) < 4.78 is 6.76. The third-order valence-electron chi connectivity index (χ3n) is 2.89. The summed E-state index contributed by atoms with van der Waals surface area (Å²) in [5.74, 6) is 0.0904. The van der Waals surface area contributed by atoms with Crippen LogP contribution in [0, 0.1) is 13.8 Å². The highest BCUT2D eigenvalue weighted by molar-refractivity contribution is 9.10. The summed E-state index contributed by atoms with van der Waals surface area (Å²) in [5.41, 5.74) is 8.36. The van der Waals surface area contributed by atoms with E-state index < -0.39 is 5.97 Å². The second-order valence-corrected chi connectivity index (χ2v) is 5.32. The Hall–Kier alpha value is -2.01. The van der Waals surface area contributed by atoms with E-state index in [1.54, 1.807) is 6.07 Å². The Bertz CT molecular complexity index is 660. The minimum Gasteiger partial charge on any atom is -0.478 e. The molecule has 4 nitrogen and oxygen atoms in total. The molecular formula is C15H14BrNO3. The summed E-state index contributed by atoms with van der Waals surface area (Å²) >= 11 is 3.49. The molecule has 0 unspecified atom stereocenters. The number of aryl methyl sites for hydroxylation is 2. The van der Waals surface area contributed by atoms with Crippen molar-refractivity contribution in [2.24, 2.45) is 0 Å². The fourth-order valence-electron chi connectivity index (χ4n) is 1.87. The largest absolute Gasteiger partial charge is 0.478 e. The Morgan fingerprint density at radius 1 is 1.20 bits per heavy atom. The predicted molar refractivity (Wildman–Crippen MR) is 81.5 cm³/mol. The quantitative estimate of drug-likeness (QED) is 0.827. The molecule has 20 heavy (non-hydrogen) atoms. The molecule has 0 saturated heterocycles. The number of nitrogens with two attached hydrogens (primary N) is 1. The van der Waals surface area contributed by atoms with E-state index in [4.69, 9.17) is 15.6 Å². The Morgan fingerprint density at radius 2 is 1.80 bits per heavy atom. The van der Waals surface area contributed by atoms with Crippen molar-refractivity contribution in [2.45, 2.75) is 13.8 Å². The number of hydrogen-bond acceptors (Lipinski definition) is 3. The number of rotatable bonds is 3. The van der Waals surface area contributed by atoms with Crippen molar-refractivity contribution in [3.05, 3.63) is 51.5 Å². The molecule has 0 aliphatic rings. The first-order valence-corrected chi connectivity index (χ1v) is 6.75. The molecular weight excluding hydrogens is 322 g/mol. The van der Waals surface area contributed by atoms with E-state index in [9.17, 15) is 4.79 Å². The van der Waals surface area contributed by atoms with Crippen LogP contribution in [-0.4, -0.2) is 11.1 Å². The van der Waals surface area contributed by atoms with Crippen LogP contribution in [0.15, 0.2) is 34.8 Å². The van der Waals surface area contributed by atoms with Crippen LogP contribution in [0.25, 0.3) is 0 Å². The number of carboxylic acid groups (broad SMARTS) is 1. The smallest absolute Gasteiger partial charge is 0.335 e. The monoisotopic (exact) mass is 335 g/mol. The van der Waals surface area contributed by atoms with Crippen molar-refractivity contribution in [3.8, 4) is 11.5 Å². The molecule has 0 atom stereocenters. The Morgan fingerprint density at radius 3 is 2.30 bits per heavy atom. The molecule has 0 heterocycles. The number of anilines is 1. The number of carboxylic acids is 1. The molecule has 0 aliphatic carbocycles. The number of carbonyl (C=O) groups is 1. The van der Waals surface area contributed by atoms with E-state index >= 15 is 0 Å². The highest BCUT2D eigenvalue weighted by Gasteiger charge is 2.09. The third-order valence-corrected chi connectivity index (χ3v) is 4.15. The summed E-state index contributed by atoms with van der Waals surface area (Å²) in [5, 5.41) is 8.89. The average Bonchev–Trinajstić information content (AvgIpc) is 2.38. The molecule has 2 aromatic carbocycles. The first-order valence-electron chi connectivity index (χ1n) is 5.96. The maximum absolute atomic E-state index is 10.8. The molecule has 2 rings (SSSR count). The van der Waals surface area contributed by atoms with Gasteiger partial charge in [-0.15, -0.1) is 0 Å².